The van der Waals surface area contributed by atoms with Crippen molar-refractivity contribution < 1.29 is 24.2 Å². The Morgan fingerprint density at radius 1 is 1.54 bits per heavy atom. The molecule has 1 amide bonds. The van der Waals surface area contributed by atoms with Crippen LogP contribution in [0.25, 0.3) is 6.08 Å². The van der Waals surface area contributed by atoms with Crippen LogP contribution in [-0.4, -0.2) is 52.1 Å². The molecule has 26 heavy (non-hydrogen) atoms. The second kappa shape index (κ2) is 8.39. The average Bonchev–Trinajstić information content (AvgIpc) is 3.18. The summed E-state index contributed by atoms with van der Waals surface area (Å²) in [5.41, 5.74) is 0.704. The number of thioether (sulfide) groups is 1. The van der Waals surface area contributed by atoms with E-state index in [1.165, 1.54) is 11.8 Å². The number of carbonyl (C=O) groups excluding carboxylic acids is 1. The quantitative estimate of drug-likeness (QED) is 0.567. The molecule has 2 aliphatic rings. The van der Waals surface area contributed by atoms with Crippen molar-refractivity contribution in [2.24, 2.45) is 0 Å². The summed E-state index contributed by atoms with van der Waals surface area (Å²) in [6, 6.07) is 4.89. The van der Waals surface area contributed by atoms with Gasteiger partial charge in [-0.05, 0) is 36.6 Å². The molecule has 138 valence electrons. The van der Waals surface area contributed by atoms with Crippen LogP contribution in [0.3, 0.4) is 0 Å². The Balaban J connectivity index is 1.71. The first kappa shape index (κ1) is 19.2. The fourth-order valence-electron chi connectivity index (χ4n) is 2.66. The van der Waals surface area contributed by atoms with Crippen molar-refractivity contribution in [2.45, 2.75) is 18.9 Å². The topological polar surface area (TPSA) is 76.1 Å². The Hall–Kier alpha value is -1.61. The minimum Gasteiger partial charge on any atom is -0.480 e. The van der Waals surface area contributed by atoms with E-state index < -0.39 is 12.6 Å². The van der Waals surface area contributed by atoms with Gasteiger partial charge in [-0.3, -0.25) is 9.69 Å². The van der Waals surface area contributed by atoms with Crippen molar-refractivity contribution in [2.75, 3.05) is 19.8 Å². The van der Waals surface area contributed by atoms with E-state index in [1.54, 1.807) is 29.2 Å². The van der Waals surface area contributed by atoms with E-state index in [-0.39, 0.29) is 22.8 Å². The Morgan fingerprint density at radius 2 is 2.35 bits per heavy atom. The molecule has 2 heterocycles. The molecule has 1 aromatic carbocycles. The number of carboxylic acid groups (broad SMARTS) is 1. The minimum atomic E-state index is -1.08. The number of halogens is 1. The maximum atomic E-state index is 12.6. The molecule has 3 rings (SSSR count). The monoisotopic (exact) mass is 413 g/mol. The first-order valence-corrected chi connectivity index (χ1v) is 9.55. The van der Waals surface area contributed by atoms with Gasteiger partial charge in [0.25, 0.3) is 5.91 Å². The van der Waals surface area contributed by atoms with Gasteiger partial charge in [-0.15, -0.1) is 0 Å². The number of amides is 1. The van der Waals surface area contributed by atoms with E-state index >= 15 is 0 Å². The highest BCUT2D eigenvalue weighted by molar-refractivity contribution is 8.26. The van der Waals surface area contributed by atoms with Crippen LogP contribution in [0.2, 0.25) is 5.02 Å². The summed E-state index contributed by atoms with van der Waals surface area (Å²) < 4.78 is 11.2. The van der Waals surface area contributed by atoms with E-state index in [2.05, 4.69) is 0 Å². The molecule has 2 aliphatic heterocycles. The first-order chi connectivity index (χ1) is 12.4. The summed E-state index contributed by atoms with van der Waals surface area (Å²) in [6.45, 7) is 0.732. The standard InChI is InChI=1S/C17H16ClNO5S2/c18-12-6-10(3-4-13(12)24-9-15(20)21)7-14-16(22)19(17(25)26-14)8-11-2-1-5-23-11/h3-4,6-7,11H,1-2,5,8-9H2,(H,20,21)/b14-7-/t11-/m0/s1. The third-order valence-corrected chi connectivity index (χ3v) is 5.56. The lowest BCUT2D eigenvalue weighted by Gasteiger charge is -2.18. The Kier molecular flexibility index (Phi) is 6.18. The lowest BCUT2D eigenvalue weighted by molar-refractivity contribution is -0.139. The van der Waals surface area contributed by atoms with Crippen LogP contribution < -0.4 is 4.74 Å². The van der Waals surface area contributed by atoms with Crippen LogP contribution in [0.5, 0.6) is 5.75 Å². The van der Waals surface area contributed by atoms with Crippen LogP contribution in [-0.2, 0) is 14.3 Å². The predicted molar refractivity (Wildman–Crippen MR) is 103 cm³/mol. The summed E-state index contributed by atoms with van der Waals surface area (Å²) in [7, 11) is 0. The molecule has 0 unspecified atom stereocenters. The molecule has 0 spiro atoms. The zero-order chi connectivity index (χ0) is 18.7. The second-order valence-corrected chi connectivity index (χ2v) is 7.88. The van der Waals surface area contributed by atoms with Gasteiger partial charge in [0.15, 0.2) is 6.61 Å². The zero-order valence-corrected chi connectivity index (χ0v) is 16.0. The highest BCUT2D eigenvalue weighted by Crippen LogP contribution is 2.34. The maximum absolute atomic E-state index is 12.6. The highest BCUT2D eigenvalue weighted by Gasteiger charge is 2.34. The van der Waals surface area contributed by atoms with E-state index in [0.717, 1.165) is 19.4 Å². The second-order valence-electron chi connectivity index (χ2n) is 5.80. The number of hydrogen-bond donors (Lipinski definition) is 1. The Morgan fingerprint density at radius 3 is 3.00 bits per heavy atom. The normalized spacial score (nSPS) is 21.7. The van der Waals surface area contributed by atoms with Gasteiger partial charge in [-0.2, -0.15) is 0 Å². The number of nitrogens with zero attached hydrogens (tertiary/aromatic N) is 1. The van der Waals surface area contributed by atoms with Gasteiger partial charge in [0.1, 0.15) is 10.1 Å². The summed E-state index contributed by atoms with van der Waals surface area (Å²) >= 11 is 12.7. The SMILES string of the molecule is O=C(O)COc1ccc(/C=C2\SC(=S)N(C[C@@H]3CCCO3)C2=O)cc1Cl. The van der Waals surface area contributed by atoms with Crippen molar-refractivity contribution in [1.82, 2.24) is 4.90 Å². The summed E-state index contributed by atoms with van der Waals surface area (Å²) in [5, 5.41) is 8.92. The Bertz CT molecular complexity index is 776. The van der Waals surface area contributed by atoms with Gasteiger partial charge < -0.3 is 14.6 Å². The van der Waals surface area contributed by atoms with Crippen molar-refractivity contribution >= 4 is 57.9 Å². The zero-order valence-electron chi connectivity index (χ0n) is 13.6. The molecule has 0 saturated carbocycles. The summed E-state index contributed by atoms with van der Waals surface area (Å²) in [6.07, 6.45) is 3.69. The van der Waals surface area contributed by atoms with E-state index in [0.29, 0.717) is 21.3 Å². The van der Waals surface area contributed by atoms with Crippen LogP contribution in [0.15, 0.2) is 23.1 Å². The minimum absolute atomic E-state index is 0.0389. The first-order valence-electron chi connectivity index (χ1n) is 7.95. The lowest BCUT2D eigenvalue weighted by atomic mass is 10.2. The van der Waals surface area contributed by atoms with Crippen molar-refractivity contribution in [3.63, 3.8) is 0 Å². The van der Waals surface area contributed by atoms with Crippen LogP contribution in [0, 0.1) is 0 Å². The van der Waals surface area contributed by atoms with Gasteiger partial charge in [0, 0.05) is 6.61 Å². The van der Waals surface area contributed by atoms with E-state index in [4.69, 9.17) is 38.4 Å². The molecule has 6 nitrogen and oxygen atoms in total. The number of carboxylic acids is 1. The predicted octanol–water partition coefficient (Wildman–Crippen LogP) is 3.18. The largest absolute Gasteiger partial charge is 0.480 e. The molecule has 0 radical (unpaired) electrons. The fourth-order valence-corrected chi connectivity index (χ4v) is 4.18. The van der Waals surface area contributed by atoms with Gasteiger partial charge in [0.05, 0.1) is 22.6 Å². The van der Waals surface area contributed by atoms with E-state index in [1.807, 2.05) is 0 Å². The molecular weight excluding hydrogens is 398 g/mol. The third kappa shape index (κ3) is 4.56. The van der Waals surface area contributed by atoms with Gasteiger partial charge in [-0.25, -0.2) is 4.79 Å². The molecular formula is C17H16ClNO5S2. The smallest absolute Gasteiger partial charge is 0.341 e. The van der Waals surface area contributed by atoms with Gasteiger partial charge in [-0.1, -0.05) is 41.6 Å². The molecule has 1 atom stereocenters. The van der Waals surface area contributed by atoms with Crippen molar-refractivity contribution in [3.8, 4) is 5.75 Å². The van der Waals surface area contributed by atoms with E-state index in [9.17, 15) is 9.59 Å². The van der Waals surface area contributed by atoms with Crippen molar-refractivity contribution in [1.29, 1.82) is 0 Å². The van der Waals surface area contributed by atoms with Crippen LogP contribution >= 0.6 is 35.6 Å². The molecule has 0 bridgehead atoms. The van der Waals surface area contributed by atoms with Crippen LogP contribution in [0.1, 0.15) is 18.4 Å². The van der Waals surface area contributed by atoms with Gasteiger partial charge in [0.2, 0.25) is 0 Å². The number of ether oxygens (including phenoxy) is 2. The molecule has 2 fully saturated rings. The molecule has 1 aromatic rings. The van der Waals surface area contributed by atoms with Gasteiger partial charge >= 0.3 is 5.97 Å². The van der Waals surface area contributed by atoms with Crippen LogP contribution in [0.4, 0.5) is 0 Å². The lowest BCUT2D eigenvalue weighted by Crippen LogP contribution is -2.35. The number of rotatable bonds is 6. The number of hydrogen-bond acceptors (Lipinski definition) is 6. The molecule has 0 aromatic heterocycles. The molecule has 1 N–H and O–H groups in total. The number of thiocarbonyl (C=S) groups is 1. The molecule has 2 saturated heterocycles. The summed E-state index contributed by atoms with van der Waals surface area (Å²) in [5.74, 6) is -0.949. The summed E-state index contributed by atoms with van der Waals surface area (Å²) in [4.78, 5) is 25.3. The molecule has 9 heteroatoms. The maximum Gasteiger partial charge on any atom is 0.341 e. The number of benzene rings is 1. The number of carbonyl (C=O) groups is 2. The highest BCUT2D eigenvalue weighted by atomic mass is 35.5. The number of aliphatic carboxylic acids is 1. The Labute approximate surface area is 165 Å². The molecule has 0 aliphatic carbocycles. The average molecular weight is 414 g/mol. The third-order valence-electron chi connectivity index (χ3n) is 3.89. The van der Waals surface area contributed by atoms with Crippen molar-refractivity contribution in [3.05, 3.63) is 33.7 Å². The fraction of sp³-hybridized carbons (Fsp3) is 0.353.